The Labute approximate surface area is 122 Å². The first-order valence-corrected chi connectivity index (χ1v) is 6.76. The highest BCUT2D eigenvalue weighted by molar-refractivity contribution is 7.13. The Hall–Kier alpha value is -1.63. The van der Waals surface area contributed by atoms with Crippen LogP contribution in [0.4, 0.5) is 5.69 Å². The van der Waals surface area contributed by atoms with Gasteiger partial charge in [-0.05, 0) is 12.1 Å². The molecule has 0 aliphatic rings. The van der Waals surface area contributed by atoms with Crippen molar-refractivity contribution in [1.82, 2.24) is 15.1 Å². The first kappa shape index (κ1) is 12.4. The summed E-state index contributed by atoms with van der Waals surface area (Å²) in [7, 11) is 0. The number of rotatable bonds is 2. The summed E-state index contributed by atoms with van der Waals surface area (Å²) in [6, 6.07) is 3.26. The van der Waals surface area contributed by atoms with E-state index in [1.807, 2.05) is 0 Å². The molecule has 0 amide bonds. The molecule has 2 aromatic heterocycles. The molecule has 0 bridgehead atoms. The zero-order valence-electron chi connectivity index (χ0n) is 9.30. The van der Waals surface area contributed by atoms with Gasteiger partial charge >= 0.3 is 0 Å². The molecule has 0 spiro atoms. The van der Waals surface area contributed by atoms with E-state index < -0.39 is 0 Å². The smallest absolute Gasteiger partial charge is 0.258 e. The summed E-state index contributed by atoms with van der Waals surface area (Å²) in [5, 5.41) is 4.58. The van der Waals surface area contributed by atoms with Crippen LogP contribution in [-0.4, -0.2) is 15.1 Å². The van der Waals surface area contributed by atoms with E-state index in [-0.39, 0.29) is 0 Å². The lowest BCUT2D eigenvalue weighted by Gasteiger charge is -2.02. The van der Waals surface area contributed by atoms with Gasteiger partial charge in [0.1, 0.15) is 0 Å². The molecule has 0 radical (unpaired) electrons. The molecule has 96 valence electrons. The van der Waals surface area contributed by atoms with Gasteiger partial charge in [-0.25, -0.2) is 0 Å². The Morgan fingerprint density at radius 2 is 1.95 bits per heavy atom. The molecule has 2 N–H and O–H groups in total. The van der Waals surface area contributed by atoms with Crippen LogP contribution in [0.3, 0.4) is 0 Å². The van der Waals surface area contributed by atoms with E-state index in [9.17, 15) is 0 Å². The van der Waals surface area contributed by atoms with Crippen LogP contribution < -0.4 is 5.73 Å². The van der Waals surface area contributed by atoms with E-state index in [0.717, 1.165) is 4.88 Å². The van der Waals surface area contributed by atoms with E-state index in [0.29, 0.717) is 33.0 Å². The molecule has 0 aliphatic heterocycles. The monoisotopic (exact) mass is 312 g/mol. The number of thiazole rings is 1. The van der Waals surface area contributed by atoms with Gasteiger partial charge < -0.3 is 10.3 Å². The second-order valence-corrected chi connectivity index (χ2v) is 5.34. The number of aromatic nitrogens is 3. The van der Waals surface area contributed by atoms with E-state index in [4.69, 9.17) is 33.5 Å². The normalized spacial score (nSPS) is 10.8. The number of hydrogen-bond donors (Lipinski definition) is 1. The Balaban J connectivity index is 2.04. The quantitative estimate of drug-likeness (QED) is 0.729. The third-order valence-corrected chi connectivity index (χ3v) is 3.80. The van der Waals surface area contributed by atoms with E-state index in [1.54, 1.807) is 23.8 Å². The molecule has 0 saturated heterocycles. The summed E-state index contributed by atoms with van der Waals surface area (Å²) in [5.41, 5.74) is 8.32. The molecule has 1 aromatic carbocycles. The maximum Gasteiger partial charge on any atom is 0.258 e. The number of nitrogens with two attached hydrogens (primary N) is 1. The van der Waals surface area contributed by atoms with Crippen LogP contribution >= 0.6 is 34.5 Å². The predicted molar refractivity (Wildman–Crippen MR) is 75.3 cm³/mol. The molecule has 3 rings (SSSR count). The van der Waals surface area contributed by atoms with Gasteiger partial charge in [0.15, 0.2) is 0 Å². The van der Waals surface area contributed by atoms with Crippen LogP contribution in [0, 0.1) is 0 Å². The fourth-order valence-electron chi connectivity index (χ4n) is 1.47. The minimum atomic E-state index is 0.326. The Kier molecular flexibility index (Phi) is 3.14. The summed E-state index contributed by atoms with van der Waals surface area (Å²) < 4.78 is 5.18. The minimum absolute atomic E-state index is 0.326. The van der Waals surface area contributed by atoms with Crippen molar-refractivity contribution in [2.75, 3.05) is 5.73 Å². The molecule has 19 heavy (non-hydrogen) atoms. The van der Waals surface area contributed by atoms with Crippen LogP contribution in [0.15, 0.2) is 28.4 Å². The molecule has 0 atom stereocenters. The first-order chi connectivity index (χ1) is 9.15. The third kappa shape index (κ3) is 2.30. The Morgan fingerprint density at radius 1 is 1.21 bits per heavy atom. The van der Waals surface area contributed by atoms with Crippen molar-refractivity contribution in [3.8, 4) is 22.2 Å². The molecule has 0 unspecified atom stereocenters. The second-order valence-electron chi connectivity index (χ2n) is 3.64. The highest BCUT2D eigenvalue weighted by Crippen LogP contribution is 2.33. The fraction of sp³-hybridized carbons (Fsp3) is 0. The molecule has 0 aliphatic carbocycles. The van der Waals surface area contributed by atoms with Gasteiger partial charge in [-0.2, -0.15) is 4.98 Å². The lowest BCUT2D eigenvalue weighted by Crippen LogP contribution is -1.89. The maximum atomic E-state index is 5.97. The number of benzene rings is 1. The molecular formula is C11H6Cl2N4OS. The number of nitrogen functional groups attached to an aromatic ring is 1. The van der Waals surface area contributed by atoms with Crippen LogP contribution in [0.25, 0.3) is 22.2 Å². The number of halogens is 2. The number of nitrogens with zero attached hydrogens (tertiary/aromatic N) is 3. The molecule has 5 nitrogen and oxygen atoms in total. The van der Waals surface area contributed by atoms with Crippen LogP contribution in [0.5, 0.6) is 0 Å². The molecule has 0 fully saturated rings. The fourth-order valence-corrected chi connectivity index (χ4v) is 2.51. The highest BCUT2D eigenvalue weighted by Gasteiger charge is 2.14. The number of hydrogen-bond acceptors (Lipinski definition) is 6. The van der Waals surface area contributed by atoms with Crippen molar-refractivity contribution in [3.63, 3.8) is 0 Å². The van der Waals surface area contributed by atoms with Crippen LogP contribution in [0.2, 0.25) is 10.0 Å². The van der Waals surface area contributed by atoms with Crippen molar-refractivity contribution in [1.29, 1.82) is 0 Å². The van der Waals surface area contributed by atoms with E-state index in [1.165, 1.54) is 11.3 Å². The van der Waals surface area contributed by atoms with Gasteiger partial charge in [-0.3, -0.25) is 4.98 Å². The zero-order valence-corrected chi connectivity index (χ0v) is 11.6. The summed E-state index contributed by atoms with van der Waals surface area (Å²) in [6.07, 6.45) is 1.67. The predicted octanol–water partition coefficient (Wildman–Crippen LogP) is 3.75. The summed E-state index contributed by atoms with van der Waals surface area (Å²) >= 11 is 13.4. The minimum Gasteiger partial charge on any atom is -0.396 e. The van der Waals surface area contributed by atoms with Crippen molar-refractivity contribution >= 4 is 40.2 Å². The third-order valence-electron chi connectivity index (χ3n) is 2.40. The Bertz CT molecular complexity index is 703. The molecular weight excluding hydrogens is 307 g/mol. The van der Waals surface area contributed by atoms with Gasteiger partial charge in [-0.1, -0.05) is 28.4 Å². The number of anilines is 1. The Morgan fingerprint density at radius 3 is 2.58 bits per heavy atom. The second kappa shape index (κ2) is 4.80. The van der Waals surface area contributed by atoms with Gasteiger partial charge in [0, 0.05) is 11.8 Å². The van der Waals surface area contributed by atoms with Crippen LogP contribution in [0.1, 0.15) is 0 Å². The average Bonchev–Trinajstić information content (AvgIpc) is 3.05. The van der Waals surface area contributed by atoms with Gasteiger partial charge in [-0.15, -0.1) is 11.3 Å². The van der Waals surface area contributed by atoms with Crippen molar-refractivity contribution < 1.29 is 4.52 Å². The summed E-state index contributed by atoms with van der Waals surface area (Å²) in [6.45, 7) is 0. The topological polar surface area (TPSA) is 77.8 Å². The summed E-state index contributed by atoms with van der Waals surface area (Å²) in [4.78, 5) is 9.05. The first-order valence-electron chi connectivity index (χ1n) is 5.12. The molecule has 8 heteroatoms. The highest BCUT2D eigenvalue weighted by atomic mass is 35.5. The zero-order chi connectivity index (χ0) is 13.4. The SMILES string of the molecule is Nc1c(Cl)cc(-c2nc(-c3cncs3)no2)cc1Cl. The molecule has 2 heterocycles. The van der Waals surface area contributed by atoms with E-state index in [2.05, 4.69) is 15.1 Å². The van der Waals surface area contributed by atoms with Crippen molar-refractivity contribution in [3.05, 3.63) is 33.9 Å². The van der Waals surface area contributed by atoms with Gasteiger partial charge in [0.05, 0.1) is 26.1 Å². The summed E-state index contributed by atoms with van der Waals surface area (Å²) in [5.74, 6) is 0.800. The maximum absolute atomic E-state index is 5.97. The van der Waals surface area contributed by atoms with Crippen molar-refractivity contribution in [2.24, 2.45) is 0 Å². The largest absolute Gasteiger partial charge is 0.396 e. The van der Waals surface area contributed by atoms with Gasteiger partial charge in [0.2, 0.25) is 5.82 Å². The molecule has 3 aromatic rings. The average molecular weight is 313 g/mol. The van der Waals surface area contributed by atoms with Gasteiger partial charge in [0.25, 0.3) is 5.89 Å². The molecule has 0 saturated carbocycles. The standard InChI is InChI=1S/C11H6Cl2N4OS/c12-6-1-5(2-7(13)9(6)14)11-16-10(17-18-11)8-3-15-4-19-8/h1-4H,14H2. The lowest BCUT2D eigenvalue weighted by molar-refractivity contribution is 0.432. The van der Waals surface area contributed by atoms with Crippen LogP contribution in [-0.2, 0) is 0 Å². The van der Waals surface area contributed by atoms with Crippen molar-refractivity contribution in [2.45, 2.75) is 0 Å². The lowest BCUT2D eigenvalue weighted by atomic mass is 10.2. The van der Waals surface area contributed by atoms with E-state index >= 15 is 0 Å².